The standard InChI is InChI=1S/C13H18N2O.CH3OP/c1-3-4-9-15-12-8-6-5-7-11(12)14-13(15)10-16-2;2-1-3/h5-8H,3-4,9-10H2,1-2H3;1H,3H2. The van der Waals surface area contributed by atoms with Crippen molar-refractivity contribution in [2.24, 2.45) is 0 Å². The molecule has 104 valence electrons. The van der Waals surface area contributed by atoms with E-state index >= 15 is 0 Å². The number of hydrogen-bond acceptors (Lipinski definition) is 3. The zero-order valence-corrected chi connectivity index (χ0v) is 12.7. The summed E-state index contributed by atoms with van der Waals surface area (Å²) >= 11 is 0. The zero-order chi connectivity index (χ0) is 14.1. The third-order valence-corrected chi connectivity index (χ3v) is 2.74. The van der Waals surface area contributed by atoms with Gasteiger partial charge in [0.2, 0.25) is 0 Å². The van der Waals surface area contributed by atoms with Gasteiger partial charge in [0.1, 0.15) is 18.5 Å². The number of methoxy groups -OCH3 is 1. The number of benzene rings is 1. The van der Waals surface area contributed by atoms with Crippen molar-refractivity contribution in [2.45, 2.75) is 32.9 Å². The summed E-state index contributed by atoms with van der Waals surface area (Å²) in [6.07, 6.45) is 2.37. The third-order valence-electron chi connectivity index (χ3n) is 2.74. The van der Waals surface area contributed by atoms with Gasteiger partial charge in [-0.2, -0.15) is 0 Å². The van der Waals surface area contributed by atoms with Crippen LogP contribution < -0.4 is 0 Å². The predicted molar refractivity (Wildman–Crippen MR) is 81.8 cm³/mol. The molecule has 4 nitrogen and oxygen atoms in total. The summed E-state index contributed by atoms with van der Waals surface area (Å²) in [6, 6.07) is 8.92. The minimum absolute atomic E-state index is 0.582. The van der Waals surface area contributed by atoms with Gasteiger partial charge >= 0.3 is 0 Å². The van der Waals surface area contributed by atoms with E-state index in [9.17, 15) is 0 Å². The zero-order valence-electron chi connectivity index (χ0n) is 11.5. The van der Waals surface area contributed by atoms with E-state index in [-0.39, 0.29) is 0 Å². The molecule has 1 aromatic heterocycles. The maximum atomic E-state index is 8.77. The molecular weight excluding hydrogens is 259 g/mol. The monoisotopic (exact) mass is 280 g/mol. The quantitative estimate of drug-likeness (QED) is 0.624. The fraction of sp³-hybridized carbons (Fsp3) is 0.429. The Hall–Kier alpha value is -1.25. The average Bonchev–Trinajstić information content (AvgIpc) is 2.75. The minimum atomic E-state index is 0.582. The SMILES string of the molecule is CCCCn1c(COC)nc2ccccc21.O=CP. The summed E-state index contributed by atoms with van der Waals surface area (Å²) in [5.41, 5.74) is 2.27. The van der Waals surface area contributed by atoms with E-state index < -0.39 is 0 Å². The number of imidazole rings is 1. The molecule has 0 N–H and O–H groups in total. The van der Waals surface area contributed by atoms with Crippen molar-refractivity contribution in [1.82, 2.24) is 9.55 Å². The molecule has 0 aliphatic rings. The molecule has 1 aromatic carbocycles. The number of carbonyl (C=O) groups excluding carboxylic acids is 1. The molecule has 0 saturated carbocycles. The van der Waals surface area contributed by atoms with E-state index in [1.54, 1.807) is 7.11 Å². The van der Waals surface area contributed by atoms with Crippen LogP contribution in [0.25, 0.3) is 11.0 Å². The van der Waals surface area contributed by atoms with Crippen LogP contribution in [-0.2, 0) is 22.7 Å². The van der Waals surface area contributed by atoms with Crippen LogP contribution in [0.3, 0.4) is 0 Å². The van der Waals surface area contributed by atoms with Crippen molar-refractivity contribution >= 4 is 26.3 Å². The Morgan fingerprint density at radius 1 is 1.42 bits per heavy atom. The maximum absolute atomic E-state index is 8.77. The van der Waals surface area contributed by atoms with Crippen molar-refractivity contribution in [3.05, 3.63) is 30.1 Å². The predicted octanol–water partition coefficient (Wildman–Crippen LogP) is 3.03. The van der Waals surface area contributed by atoms with Crippen molar-refractivity contribution in [3.8, 4) is 0 Å². The number of unbranched alkanes of at least 4 members (excludes halogenated alkanes) is 1. The second-order valence-electron chi connectivity index (χ2n) is 4.09. The molecule has 5 heteroatoms. The van der Waals surface area contributed by atoms with Gasteiger partial charge in [-0.05, 0) is 18.6 Å². The minimum Gasteiger partial charge on any atom is -0.377 e. The largest absolute Gasteiger partial charge is 0.377 e. The molecule has 1 heterocycles. The summed E-state index contributed by atoms with van der Waals surface area (Å²) in [5, 5.41) is 0. The molecule has 0 amide bonds. The Morgan fingerprint density at radius 3 is 2.74 bits per heavy atom. The van der Waals surface area contributed by atoms with Gasteiger partial charge in [0.05, 0.1) is 11.0 Å². The normalized spacial score (nSPS) is 10.1. The van der Waals surface area contributed by atoms with Crippen LogP contribution in [0.1, 0.15) is 25.6 Å². The van der Waals surface area contributed by atoms with Gasteiger partial charge in [0.15, 0.2) is 0 Å². The van der Waals surface area contributed by atoms with Gasteiger partial charge in [-0.3, -0.25) is 4.79 Å². The molecule has 2 rings (SSSR count). The van der Waals surface area contributed by atoms with Crippen LogP contribution in [0.2, 0.25) is 0 Å². The summed E-state index contributed by atoms with van der Waals surface area (Å²) in [7, 11) is 3.61. The van der Waals surface area contributed by atoms with Crippen LogP contribution in [-0.4, -0.2) is 22.7 Å². The highest BCUT2D eigenvalue weighted by atomic mass is 31.0. The molecule has 0 bridgehead atoms. The number of hydrogen-bond donors (Lipinski definition) is 0. The van der Waals surface area contributed by atoms with Gasteiger partial charge in [0.25, 0.3) is 0 Å². The highest BCUT2D eigenvalue weighted by Crippen LogP contribution is 2.17. The van der Waals surface area contributed by atoms with Crippen LogP contribution in [0.5, 0.6) is 0 Å². The van der Waals surface area contributed by atoms with Crippen LogP contribution in [0.15, 0.2) is 24.3 Å². The van der Waals surface area contributed by atoms with E-state index in [0.717, 1.165) is 17.9 Å². The second kappa shape index (κ2) is 8.78. The van der Waals surface area contributed by atoms with E-state index in [1.165, 1.54) is 18.4 Å². The van der Waals surface area contributed by atoms with Crippen molar-refractivity contribution in [2.75, 3.05) is 7.11 Å². The molecule has 0 radical (unpaired) electrons. The smallest absolute Gasteiger partial charge is 0.135 e. The number of aryl methyl sites for hydroxylation is 1. The highest BCUT2D eigenvalue weighted by Gasteiger charge is 2.08. The molecule has 0 spiro atoms. The van der Waals surface area contributed by atoms with Gasteiger partial charge < -0.3 is 9.30 Å². The van der Waals surface area contributed by atoms with Crippen molar-refractivity contribution < 1.29 is 9.53 Å². The Morgan fingerprint density at radius 2 is 2.11 bits per heavy atom. The van der Waals surface area contributed by atoms with Gasteiger partial charge in [0, 0.05) is 13.7 Å². The number of para-hydroxylation sites is 2. The molecular formula is C14H21N2O2P. The summed E-state index contributed by atoms with van der Waals surface area (Å²) in [5.74, 6) is 1.03. The number of carbonyl (C=O) groups is 1. The van der Waals surface area contributed by atoms with Crippen LogP contribution in [0.4, 0.5) is 0 Å². The van der Waals surface area contributed by atoms with Crippen LogP contribution in [0, 0.1) is 0 Å². The van der Waals surface area contributed by atoms with E-state index in [0.29, 0.717) is 12.6 Å². The fourth-order valence-corrected chi connectivity index (χ4v) is 1.93. The summed E-state index contributed by atoms with van der Waals surface area (Å²) in [4.78, 5) is 13.4. The molecule has 1 unspecified atom stereocenters. The summed E-state index contributed by atoms with van der Waals surface area (Å²) in [6.45, 7) is 3.81. The first-order valence-electron chi connectivity index (χ1n) is 6.36. The Kier molecular flexibility index (Phi) is 7.31. The molecule has 2 aromatic rings. The number of rotatable bonds is 5. The van der Waals surface area contributed by atoms with Gasteiger partial charge in [-0.25, -0.2) is 4.98 Å². The van der Waals surface area contributed by atoms with Gasteiger partial charge in [-0.1, -0.05) is 34.7 Å². The molecule has 0 saturated heterocycles. The molecule has 19 heavy (non-hydrogen) atoms. The number of nitrogens with zero attached hydrogens (tertiary/aromatic N) is 2. The number of ether oxygens (including phenoxy) is 1. The van der Waals surface area contributed by atoms with Gasteiger partial charge in [-0.15, -0.1) is 0 Å². The topological polar surface area (TPSA) is 44.1 Å². The Balaban J connectivity index is 0.000000550. The third kappa shape index (κ3) is 4.41. The van der Waals surface area contributed by atoms with Crippen molar-refractivity contribution in [3.63, 3.8) is 0 Å². The maximum Gasteiger partial charge on any atom is 0.135 e. The number of aromatic nitrogens is 2. The number of fused-ring (bicyclic) bond motifs is 1. The first-order valence-corrected chi connectivity index (χ1v) is 7.03. The Labute approximate surface area is 116 Å². The van der Waals surface area contributed by atoms with E-state index in [1.807, 2.05) is 15.3 Å². The lowest BCUT2D eigenvalue weighted by atomic mass is 10.3. The summed E-state index contributed by atoms with van der Waals surface area (Å²) < 4.78 is 7.46. The first-order chi connectivity index (χ1) is 9.28. The lowest BCUT2D eigenvalue weighted by Crippen LogP contribution is -2.04. The highest BCUT2D eigenvalue weighted by molar-refractivity contribution is 7.36. The van der Waals surface area contributed by atoms with Crippen LogP contribution >= 0.6 is 9.24 Å². The van der Waals surface area contributed by atoms with Crippen molar-refractivity contribution in [1.29, 1.82) is 0 Å². The lowest BCUT2D eigenvalue weighted by molar-refractivity contribution is 0.174. The Bertz CT molecular complexity index is 511. The lowest BCUT2D eigenvalue weighted by Gasteiger charge is -2.07. The molecule has 0 fully saturated rings. The molecule has 0 aliphatic heterocycles. The fourth-order valence-electron chi connectivity index (χ4n) is 1.93. The van der Waals surface area contributed by atoms with E-state index in [2.05, 4.69) is 34.7 Å². The van der Waals surface area contributed by atoms with E-state index in [4.69, 9.17) is 9.53 Å². The molecule has 1 atom stereocenters. The first kappa shape index (κ1) is 15.8. The second-order valence-corrected chi connectivity index (χ2v) is 4.36. The molecule has 0 aliphatic carbocycles. The average molecular weight is 280 g/mol.